The molecule has 0 aromatic heterocycles. The van der Waals surface area contributed by atoms with Gasteiger partial charge < -0.3 is 10.1 Å². The minimum absolute atomic E-state index is 0.276. The van der Waals surface area contributed by atoms with Crippen LogP contribution in [0.5, 0.6) is 0 Å². The Morgan fingerprint density at radius 1 is 1.33 bits per heavy atom. The van der Waals surface area contributed by atoms with Gasteiger partial charge in [0, 0.05) is 30.6 Å². The Morgan fingerprint density at radius 3 is 2.78 bits per heavy atom. The second-order valence-corrected chi connectivity index (χ2v) is 5.60. The fourth-order valence-corrected chi connectivity index (χ4v) is 3.13. The van der Waals surface area contributed by atoms with Crippen molar-refractivity contribution in [2.75, 3.05) is 26.8 Å². The van der Waals surface area contributed by atoms with Gasteiger partial charge in [-0.2, -0.15) is 0 Å². The van der Waals surface area contributed by atoms with E-state index in [1.807, 2.05) is 6.07 Å². The normalized spacial score (nSPS) is 18.1. The van der Waals surface area contributed by atoms with Gasteiger partial charge in [-0.1, -0.05) is 36.6 Å². The molecule has 1 aliphatic carbocycles. The highest BCUT2D eigenvalue weighted by Crippen LogP contribution is 2.41. The third-order valence-corrected chi connectivity index (χ3v) is 4.18. The van der Waals surface area contributed by atoms with Crippen molar-refractivity contribution in [1.29, 1.82) is 0 Å². The van der Waals surface area contributed by atoms with Gasteiger partial charge in [0.15, 0.2) is 0 Å². The topological polar surface area (TPSA) is 21.3 Å². The summed E-state index contributed by atoms with van der Waals surface area (Å²) >= 11 is 6.13. The van der Waals surface area contributed by atoms with Crippen LogP contribution in [0.1, 0.15) is 31.2 Å². The lowest BCUT2D eigenvalue weighted by molar-refractivity contribution is 0.196. The van der Waals surface area contributed by atoms with Crippen LogP contribution in [-0.2, 0) is 10.2 Å². The molecule has 1 fully saturated rings. The Hall–Kier alpha value is -0.570. The van der Waals surface area contributed by atoms with Gasteiger partial charge in [0.1, 0.15) is 0 Å². The molecular weight excluding hydrogens is 246 g/mol. The smallest absolute Gasteiger partial charge is 0.0587 e. The quantitative estimate of drug-likeness (QED) is 0.798. The van der Waals surface area contributed by atoms with Gasteiger partial charge in [-0.15, -0.1) is 0 Å². The second kappa shape index (κ2) is 6.55. The first-order chi connectivity index (χ1) is 8.77. The maximum Gasteiger partial charge on any atom is 0.0587 e. The molecule has 0 spiro atoms. The lowest BCUT2D eigenvalue weighted by Gasteiger charge is -2.30. The zero-order chi connectivity index (χ0) is 12.8. The number of halogens is 1. The molecule has 0 atom stereocenters. The number of methoxy groups -OCH3 is 1. The molecule has 0 aliphatic heterocycles. The summed E-state index contributed by atoms with van der Waals surface area (Å²) in [5, 5.41) is 4.36. The highest BCUT2D eigenvalue weighted by Gasteiger charge is 2.35. The predicted octanol–water partition coefficient (Wildman–Crippen LogP) is 3.39. The van der Waals surface area contributed by atoms with Crippen LogP contribution < -0.4 is 5.32 Å². The maximum absolute atomic E-state index is 6.13. The Morgan fingerprint density at radius 2 is 2.11 bits per heavy atom. The van der Waals surface area contributed by atoms with E-state index in [0.717, 1.165) is 24.7 Å². The van der Waals surface area contributed by atoms with Gasteiger partial charge in [0.2, 0.25) is 0 Å². The lowest BCUT2D eigenvalue weighted by atomic mass is 9.79. The Kier molecular flexibility index (Phi) is 5.04. The van der Waals surface area contributed by atoms with Crippen molar-refractivity contribution in [1.82, 2.24) is 5.32 Å². The van der Waals surface area contributed by atoms with E-state index in [1.54, 1.807) is 7.11 Å². The zero-order valence-electron chi connectivity index (χ0n) is 11.0. The standard InChI is InChI=1S/C15H22ClNO/c1-18-10-9-17-12-15(7-2-3-8-15)13-5-4-6-14(16)11-13/h4-6,11,17H,2-3,7-10,12H2,1H3. The number of nitrogens with one attached hydrogen (secondary N) is 1. The van der Waals surface area contributed by atoms with Gasteiger partial charge in [-0.05, 0) is 30.5 Å². The van der Waals surface area contributed by atoms with Crippen LogP contribution in [0.2, 0.25) is 5.02 Å². The fraction of sp³-hybridized carbons (Fsp3) is 0.600. The highest BCUT2D eigenvalue weighted by atomic mass is 35.5. The van der Waals surface area contributed by atoms with Gasteiger partial charge in [0.25, 0.3) is 0 Å². The molecular formula is C15H22ClNO. The second-order valence-electron chi connectivity index (χ2n) is 5.17. The lowest BCUT2D eigenvalue weighted by Crippen LogP contribution is -2.37. The van der Waals surface area contributed by atoms with E-state index in [4.69, 9.17) is 16.3 Å². The summed E-state index contributed by atoms with van der Waals surface area (Å²) in [5.74, 6) is 0. The van der Waals surface area contributed by atoms with Gasteiger partial charge in [-0.25, -0.2) is 0 Å². The van der Waals surface area contributed by atoms with E-state index in [9.17, 15) is 0 Å². The van der Waals surface area contributed by atoms with Crippen LogP contribution in [0, 0.1) is 0 Å². The summed E-state index contributed by atoms with van der Waals surface area (Å²) in [6.07, 6.45) is 5.15. The van der Waals surface area contributed by atoms with Crippen LogP contribution in [0.25, 0.3) is 0 Å². The molecule has 1 aromatic carbocycles. The molecule has 100 valence electrons. The van der Waals surface area contributed by atoms with Crippen LogP contribution in [0.4, 0.5) is 0 Å². The largest absolute Gasteiger partial charge is 0.383 e. The van der Waals surface area contributed by atoms with Crippen molar-refractivity contribution < 1.29 is 4.74 Å². The summed E-state index contributed by atoms with van der Waals surface area (Å²) in [4.78, 5) is 0. The SMILES string of the molecule is COCCNCC1(c2cccc(Cl)c2)CCCC1. The number of hydrogen-bond donors (Lipinski definition) is 1. The van der Waals surface area contributed by atoms with Gasteiger partial charge in [-0.3, -0.25) is 0 Å². The van der Waals surface area contributed by atoms with Crippen molar-refractivity contribution in [2.24, 2.45) is 0 Å². The van der Waals surface area contributed by atoms with E-state index < -0.39 is 0 Å². The molecule has 0 unspecified atom stereocenters. The number of benzene rings is 1. The minimum Gasteiger partial charge on any atom is -0.383 e. The monoisotopic (exact) mass is 267 g/mol. The summed E-state index contributed by atoms with van der Waals surface area (Å²) in [6, 6.07) is 8.36. The van der Waals surface area contributed by atoms with Crippen molar-refractivity contribution in [3.8, 4) is 0 Å². The molecule has 1 saturated carbocycles. The molecule has 0 radical (unpaired) electrons. The Balaban J connectivity index is 2.06. The van der Waals surface area contributed by atoms with Crippen molar-refractivity contribution in [3.05, 3.63) is 34.9 Å². The number of hydrogen-bond acceptors (Lipinski definition) is 2. The predicted molar refractivity (Wildman–Crippen MR) is 76.3 cm³/mol. The molecule has 18 heavy (non-hydrogen) atoms. The molecule has 2 nitrogen and oxygen atoms in total. The molecule has 1 N–H and O–H groups in total. The number of ether oxygens (including phenoxy) is 1. The molecule has 1 aromatic rings. The van der Waals surface area contributed by atoms with E-state index in [-0.39, 0.29) is 5.41 Å². The molecule has 3 heteroatoms. The highest BCUT2D eigenvalue weighted by molar-refractivity contribution is 6.30. The summed E-state index contributed by atoms with van der Waals surface area (Å²) in [6.45, 7) is 2.71. The van der Waals surface area contributed by atoms with Crippen molar-refractivity contribution >= 4 is 11.6 Å². The first-order valence-electron chi connectivity index (χ1n) is 6.73. The molecule has 0 heterocycles. The van der Waals surface area contributed by atoms with E-state index in [2.05, 4.69) is 23.5 Å². The van der Waals surface area contributed by atoms with E-state index in [1.165, 1.54) is 31.2 Å². The average Bonchev–Trinajstić information content (AvgIpc) is 2.85. The molecule has 2 rings (SSSR count). The van der Waals surface area contributed by atoms with Crippen LogP contribution in [-0.4, -0.2) is 26.8 Å². The van der Waals surface area contributed by atoms with Gasteiger partial charge >= 0.3 is 0 Å². The third-order valence-electron chi connectivity index (χ3n) is 3.94. The average molecular weight is 268 g/mol. The molecule has 0 amide bonds. The maximum atomic E-state index is 6.13. The summed E-state index contributed by atoms with van der Waals surface area (Å²) in [7, 11) is 1.74. The summed E-state index contributed by atoms with van der Waals surface area (Å²) in [5.41, 5.74) is 1.66. The van der Waals surface area contributed by atoms with Crippen molar-refractivity contribution in [2.45, 2.75) is 31.1 Å². The van der Waals surface area contributed by atoms with E-state index >= 15 is 0 Å². The molecule has 1 aliphatic rings. The minimum atomic E-state index is 0.276. The Labute approximate surface area is 115 Å². The van der Waals surface area contributed by atoms with Crippen LogP contribution >= 0.6 is 11.6 Å². The first kappa shape index (κ1) is 13.9. The van der Waals surface area contributed by atoms with Gasteiger partial charge in [0.05, 0.1) is 6.61 Å². The molecule has 0 bridgehead atoms. The van der Waals surface area contributed by atoms with Crippen LogP contribution in [0.15, 0.2) is 24.3 Å². The fourth-order valence-electron chi connectivity index (χ4n) is 2.94. The van der Waals surface area contributed by atoms with Crippen LogP contribution in [0.3, 0.4) is 0 Å². The van der Waals surface area contributed by atoms with Crippen molar-refractivity contribution in [3.63, 3.8) is 0 Å². The third kappa shape index (κ3) is 3.25. The zero-order valence-corrected chi connectivity index (χ0v) is 11.8. The van der Waals surface area contributed by atoms with E-state index in [0.29, 0.717) is 0 Å². The Bertz CT molecular complexity index is 375. The number of rotatable bonds is 6. The molecule has 0 saturated heterocycles. The summed E-state index contributed by atoms with van der Waals surface area (Å²) < 4.78 is 5.08. The first-order valence-corrected chi connectivity index (χ1v) is 7.10.